The molecule has 1 heterocycles. The third-order valence-corrected chi connectivity index (χ3v) is 5.64. The summed E-state index contributed by atoms with van der Waals surface area (Å²) in [6.07, 6.45) is 0.352. The minimum absolute atomic E-state index is 0.0464. The Morgan fingerprint density at radius 2 is 1.73 bits per heavy atom. The average Bonchev–Trinajstić information content (AvgIpc) is 2.94. The number of ether oxygens (including phenoxy) is 1. The number of carbonyl (C=O) groups is 2. The molecule has 0 bridgehead atoms. The molecule has 0 aromatic heterocycles. The summed E-state index contributed by atoms with van der Waals surface area (Å²) in [5, 5.41) is 4.71. The molecule has 1 aliphatic heterocycles. The fourth-order valence-electron chi connectivity index (χ4n) is 2.63. The van der Waals surface area contributed by atoms with E-state index >= 15 is 0 Å². The predicted molar refractivity (Wildman–Crippen MR) is 96.0 cm³/mol. The van der Waals surface area contributed by atoms with E-state index in [-0.39, 0.29) is 17.1 Å². The summed E-state index contributed by atoms with van der Waals surface area (Å²) in [4.78, 5) is 24.1. The molecule has 0 radical (unpaired) electrons. The zero-order valence-electron chi connectivity index (χ0n) is 13.8. The third-order valence-electron chi connectivity index (χ3n) is 3.87. The fourth-order valence-corrected chi connectivity index (χ4v) is 4.30. The first-order chi connectivity index (χ1) is 12.4. The van der Waals surface area contributed by atoms with Gasteiger partial charge >= 0.3 is 6.03 Å². The highest BCUT2D eigenvalue weighted by Gasteiger charge is 2.29. The highest BCUT2D eigenvalue weighted by Crippen LogP contribution is 2.21. The van der Waals surface area contributed by atoms with Crippen molar-refractivity contribution in [1.29, 1.82) is 0 Å². The Balaban J connectivity index is 1.59. The maximum Gasteiger partial charge on any atom is 0.321 e. The van der Waals surface area contributed by atoms with Crippen LogP contribution < -0.4 is 15.4 Å². The Morgan fingerprint density at radius 1 is 1.00 bits per heavy atom. The van der Waals surface area contributed by atoms with Crippen molar-refractivity contribution in [3.63, 3.8) is 0 Å². The van der Waals surface area contributed by atoms with E-state index < -0.39 is 27.8 Å². The van der Waals surface area contributed by atoms with Crippen molar-refractivity contribution in [3.8, 4) is 11.5 Å². The van der Waals surface area contributed by atoms with Gasteiger partial charge in [-0.1, -0.05) is 24.3 Å². The van der Waals surface area contributed by atoms with Crippen LogP contribution in [0.1, 0.15) is 16.8 Å². The van der Waals surface area contributed by atoms with Crippen LogP contribution in [0, 0.1) is 0 Å². The van der Waals surface area contributed by atoms with Gasteiger partial charge in [-0.3, -0.25) is 10.1 Å². The van der Waals surface area contributed by atoms with E-state index in [4.69, 9.17) is 4.74 Å². The Hall–Kier alpha value is -2.87. The molecule has 2 aromatic rings. The number of hydrogen-bond acceptors (Lipinski definition) is 5. The highest BCUT2D eigenvalue weighted by molar-refractivity contribution is 7.91. The van der Waals surface area contributed by atoms with E-state index in [0.717, 1.165) is 0 Å². The SMILES string of the molecule is O=C(NC(=O)c1cccc(Oc2ccccc2)c1)NC1CCS(=O)(=O)C1. The molecule has 136 valence electrons. The first-order valence-electron chi connectivity index (χ1n) is 8.06. The number of hydrogen-bond donors (Lipinski definition) is 2. The van der Waals surface area contributed by atoms with Crippen LogP contribution in [0.25, 0.3) is 0 Å². The third kappa shape index (κ3) is 4.82. The Morgan fingerprint density at radius 3 is 2.42 bits per heavy atom. The van der Waals surface area contributed by atoms with Crippen LogP contribution in [0.2, 0.25) is 0 Å². The number of benzene rings is 2. The second-order valence-corrected chi connectivity index (χ2v) is 8.20. The molecule has 0 spiro atoms. The van der Waals surface area contributed by atoms with E-state index in [1.165, 1.54) is 6.07 Å². The number of nitrogens with one attached hydrogen (secondary N) is 2. The Kier molecular flexibility index (Phi) is 5.22. The van der Waals surface area contributed by atoms with E-state index in [9.17, 15) is 18.0 Å². The molecular formula is C18H18N2O5S. The molecule has 0 aliphatic carbocycles. The number of rotatable bonds is 4. The van der Waals surface area contributed by atoms with Crippen LogP contribution >= 0.6 is 0 Å². The zero-order chi connectivity index (χ0) is 18.6. The minimum Gasteiger partial charge on any atom is -0.457 e. The summed E-state index contributed by atoms with van der Waals surface area (Å²) >= 11 is 0. The minimum atomic E-state index is -3.10. The van der Waals surface area contributed by atoms with Gasteiger partial charge in [0.05, 0.1) is 11.5 Å². The average molecular weight is 374 g/mol. The van der Waals surface area contributed by atoms with Crippen LogP contribution in [0.15, 0.2) is 54.6 Å². The van der Waals surface area contributed by atoms with E-state index in [1.807, 2.05) is 18.2 Å². The van der Waals surface area contributed by atoms with Gasteiger partial charge in [-0.15, -0.1) is 0 Å². The summed E-state index contributed by atoms with van der Waals surface area (Å²) < 4.78 is 28.5. The smallest absolute Gasteiger partial charge is 0.321 e. The molecule has 2 N–H and O–H groups in total. The lowest BCUT2D eigenvalue weighted by Gasteiger charge is -2.12. The van der Waals surface area contributed by atoms with Gasteiger partial charge < -0.3 is 10.1 Å². The maximum atomic E-state index is 12.2. The molecule has 2 aromatic carbocycles. The van der Waals surface area contributed by atoms with E-state index in [1.54, 1.807) is 30.3 Å². The van der Waals surface area contributed by atoms with Gasteiger partial charge in [-0.2, -0.15) is 0 Å². The van der Waals surface area contributed by atoms with E-state index in [0.29, 0.717) is 17.9 Å². The van der Waals surface area contributed by atoms with Crippen LogP contribution in [0.3, 0.4) is 0 Å². The number of para-hydroxylation sites is 1. The van der Waals surface area contributed by atoms with Crippen molar-refractivity contribution in [2.75, 3.05) is 11.5 Å². The van der Waals surface area contributed by atoms with Gasteiger partial charge in [0.15, 0.2) is 9.84 Å². The van der Waals surface area contributed by atoms with Gasteiger partial charge in [-0.25, -0.2) is 13.2 Å². The van der Waals surface area contributed by atoms with E-state index in [2.05, 4.69) is 10.6 Å². The lowest BCUT2D eigenvalue weighted by atomic mass is 10.2. The second-order valence-electron chi connectivity index (χ2n) is 5.97. The van der Waals surface area contributed by atoms with Crippen LogP contribution in [-0.2, 0) is 9.84 Å². The van der Waals surface area contributed by atoms with Gasteiger partial charge in [0.2, 0.25) is 0 Å². The predicted octanol–water partition coefficient (Wildman–Crippen LogP) is 2.11. The lowest BCUT2D eigenvalue weighted by molar-refractivity contribution is 0.0963. The van der Waals surface area contributed by atoms with Crippen molar-refractivity contribution in [1.82, 2.24) is 10.6 Å². The van der Waals surface area contributed by atoms with Gasteiger partial charge in [0, 0.05) is 11.6 Å². The molecule has 8 heteroatoms. The molecular weight excluding hydrogens is 356 g/mol. The molecule has 1 aliphatic rings. The molecule has 1 fully saturated rings. The van der Waals surface area contributed by atoms with Crippen molar-refractivity contribution in [3.05, 3.63) is 60.2 Å². The first kappa shape index (κ1) is 17.9. The largest absolute Gasteiger partial charge is 0.457 e. The normalized spacial score (nSPS) is 18.1. The fraction of sp³-hybridized carbons (Fsp3) is 0.222. The summed E-state index contributed by atoms with van der Waals surface area (Å²) in [6.45, 7) is 0. The molecule has 26 heavy (non-hydrogen) atoms. The van der Waals surface area contributed by atoms with Crippen LogP contribution in [0.5, 0.6) is 11.5 Å². The molecule has 3 rings (SSSR count). The number of urea groups is 1. The lowest BCUT2D eigenvalue weighted by Crippen LogP contribution is -2.45. The Bertz CT molecular complexity index is 912. The number of sulfone groups is 1. The van der Waals surface area contributed by atoms with Crippen molar-refractivity contribution in [2.24, 2.45) is 0 Å². The second kappa shape index (κ2) is 7.57. The van der Waals surface area contributed by atoms with Crippen molar-refractivity contribution in [2.45, 2.75) is 12.5 Å². The monoisotopic (exact) mass is 374 g/mol. The number of carbonyl (C=O) groups excluding carboxylic acids is 2. The Labute approximate surface area is 151 Å². The topological polar surface area (TPSA) is 102 Å². The van der Waals surface area contributed by atoms with Gasteiger partial charge in [-0.05, 0) is 36.8 Å². The van der Waals surface area contributed by atoms with Crippen molar-refractivity contribution < 1.29 is 22.7 Å². The van der Waals surface area contributed by atoms with Gasteiger partial charge in [0.25, 0.3) is 5.91 Å². The zero-order valence-corrected chi connectivity index (χ0v) is 14.7. The molecule has 1 unspecified atom stereocenters. The molecule has 1 atom stereocenters. The summed E-state index contributed by atoms with van der Waals surface area (Å²) in [6, 6.07) is 14.3. The quantitative estimate of drug-likeness (QED) is 0.853. The highest BCUT2D eigenvalue weighted by atomic mass is 32.2. The van der Waals surface area contributed by atoms with Crippen molar-refractivity contribution >= 4 is 21.8 Å². The molecule has 7 nitrogen and oxygen atoms in total. The molecule has 0 saturated carbocycles. The summed E-state index contributed by atoms with van der Waals surface area (Å²) in [5.74, 6) is 0.443. The number of amides is 3. The first-order valence-corrected chi connectivity index (χ1v) is 9.89. The number of imide groups is 1. The molecule has 3 amide bonds. The maximum absolute atomic E-state index is 12.2. The molecule has 1 saturated heterocycles. The summed E-state index contributed by atoms with van der Waals surface area (Å²) in [5.41, 5.74) is 0.257. The van der Waals surface area contributed by atoms with Crippen LogP contribution in [0.4, 0.5) is 4.79 Å². The van der Waals surface area contributed by atoms with Gasteiger partial charge in [0.1, 0.15) is 11.5 Å². The van der Waals surface area contributed by atoms with Crippen LogP contribution in [-0.4, -0.2) is 37.9 Å². The standard InChI is InChI=1S/C18H18N2O5S/c21-17(20-18(22)19-14-9-10-26(23,24)12-14)13-5-4-8-16(11-13)25-15-6-2-1-3-7-15/h1-8,11,14H,9-10,12H2,(H2,19,20,21,22). The summed E-state index contributed by atoms with van der Waals surface area (Å²) in [7, 11) is -3.10.